The van der Waals surface area contributed by atoms with Gasteiger partial charge in [-0.15, -0.1) is 0 Å². The minimum Gasteiger partial charge on any atom is -0.383 e. The van der Waals surface area contributed by atoms with Gasteiger partial charge in [0.2, 0.25) is 0 Å². The van der Waals surface area contributed by atoms with Gasteiger partial charge in [0.05, 0.1) is 10.5 Å². The zero-order chi connectivity index (χ0) is 20.1. The second-order valence-corrected chi connectivity index (χ2v) is 7.03. The number of aryl methyl sites for hydroxylation is 4. The van der Waals surface area contributed by atoms with Crippen LogP contribution in [0.15, 0.2) is 42.7 Å². The molecule has 0 aliphatic heterocycles. The van der Waals surface area contributed by atoms with E-state index in [0.717, 1.165) is 11.1 Å². The minimum absolute atomic E-state index is 0.154. The van der Waals surface area contributed by atoms with Crippen molar-refractivity contribution in [3.63, 3.8) is 0 Å². The molecule has 0 unspecified atom stereocenters. The molecule has 0 radical (unpaired) electrons. The van der Waals surface area contributed by atoms with E-state index in [-0.39, 0.29) is 10.6 Å². The molecular formula is C22H27N3O2. The monoisotopic (exact) mass is 365 g/mol. The number of nitrogens with zero attached hydrogens (tertiary/aromatic N) is 2. The summed E-state index contributed by atoms with van der Waals surface area (Å²) in [5.74, 6) is 0. The van der Waals surface area contributed by atoms with Crippen molar-refractivity contribution in [3.05, 3.63) is 80.7 Å². The van der Waals surface area contributed by atoms with Gasteiger partial charge in [-0.1, -0.05) is 0 Å². The van der Waals surface area contributed by atoms with Crippen LogP contribution in [-0.2, 0) is 0 Å². The van der Waals surface area contributed by atoms with Crippen LogP contribution in [0.3, 0.4) is 0 Å². The van der Waals surface area contributed by atoms with Gasteiger partial charge in [0.15, 0.2) is 0 Å². The molecule has 1 N–H and O–H groups in total. The van der Waals surface area contributed by atoms with Crippen molar-refractivity contribution < 1.29 is 4.92 Å². The number of hydrogen-bond donors (Lipinski definition) is 1. The van der Waals surface area contributed by atoms with E-state index in [2.05, 4.69) is 37.0 Å². The zero-order valence-corrected chi connectivity index (χ0v) is 16.8. The summed E-state index contributed by atoms with van der Waals surface area (Å²) in [6.45, 7) is 8.10. The average Bonchev–Trinajstić information content (AvgIpc) is 3.03. The lowest BCUT2D eigenvalue weighted by atomic mass is 10.0. The number of H-pyrrole nitrogens is 1. The van der Waals surface area contributed by atoms with Gasteiger partial charge < -0.3 is 9.88 Å². The Balaban J connectivity index is 0.000000206. The molecule has 1 heterocycles. The summed E-state index contributed by atoms with van der Waals surface area (Å²) in [6, 6.07) is 9.95. The third kappa shape index (κ3) is 5.20. The van der Waals surface area contributed by atoms with Gasteiger partial charge in [-0.2, -0.15) is 0 Å². The zero-order valence-electron chi connectivity index (χ0n) is 16.8. The Morgan fingerprint density at radius 3 is 2.19 bits per heavy atom. The highest BCUT2D eigenvalue weighted by Crippen LogP contribution is 2.24. The van der Waals surface area contributed by atoms with Gasteiger partial charge in [0.25, 0.3) is 5.69 Å². The lowest BCUT2D eigenvalue weighted by Crippen LogP contribution is -2.00. The quantitative estimate of drug-likeness (QED) is 0.490. The number of nitro groups is 1. The molecule has 1 aromatic heterocycles. The number of rotatable bonds is 3. The number of benzene rings is 2. The standard InChI is InChI=1S/C12H16N2O2.C10H11N/c1-9-7-11(5-6-13(3)4)12(14(15)16)8-10(9)2;1-7-5-9-3-4-11-10(9)6-8(7)2/h5-8H,1-4H3;3-6,11H,1-2H3/b6-5+;. The Hall–Kier alpha value is -3.08. The normalized spacial score (nSPS) is 10.7. The lowest BCUT2D eigenvalue weighted by molar-refractivity contribution is -0.385. The summed E-state index contributed by atoms with van der Waals surface area (Å²) < 4.78 is 0. The number of hydrogen-bond acceptors (Lipinski definition) is 3. The van der Waals surface area contributed by atoms with Crippen molar-refractivity contribution in [2.45, 2.75) is 27.7 Å². The van der Waals surface area contributed by atoms with Crippen LogP contribution in [0.5, 0.6) is 0 Å². The molecule has 0 aliphatic rings. The predicted molar refractivity (Wildman–Crippen MR) is 113 cm³/mol. The van der Waals surface area contributed by atoms with E-state index in [1.807, 2.05) is 45.1 Å². The fourth-order valence-corrected chi connectivity index (χ4v) is 2.67. The van der Waals surface area contributed by atoms with Gasteiger partial charge in [-0.3, -0.25) is 10.1 Å². The fourth-order valence-electron chi connectivity index (χ4n) is 2.67. The number of nitrogens with one attached hydrogen (secondary N) is 1. The molecule has 27 heavy (non-hydrogen) atoms. The van der Waals surface area contributed by atoms with Gasteiger partial charge in [0.1, 0.15) is 0 Å². The number of aromatic nitrogens is 1. The lowest BCUT2D eigenvalue weighted by Gasteiger charge is -2.06. The fraction of sp³-hybridized carbons (Fsp3) is 0.273. The number of aromatic amines is 1. The van der Waals surface area contributed by atoms with Crippen LogP contribution in [0.2, 0.25) is 0 Å². The first kappa shape index (κ1) is 20.2. The molecule has 0 saturated heterocycles. The summed E-state index contributed by atoms with van der Waals surface area (Å²) >= 11 is 0. The summed E-state index contributed by atoms with van der Waals surface area (Å²) in [4.78, 5) is 15.6. The summed E-state index contributed by atoms with van der Waals surface area (Å²) in [7, 11) is 3.76. The molecular weight excluding hydrogens is 338 g/mol. The van der Waals surface area contributed by atoms with Crippen LogP contribution in [0.25, 0.3) is 17.0 Å². The molecule has 0 atom stereocenters. The summed E-state index contributed by atoms with van der Waals surface area (Å²) in [5.41, 5.74) is 6.73. The summed E-state index contributed by atoms with van der Waals surface area (Å²) in [5, 5.41) is 12.2. The van der Waals surface area contributed by atoms with E-state index >= 15 is 0 Å². The Morgan fingerprint density at radius 2 is 1.56 bits per heavy atom. The molecule has 2 aromatic carbocycles. The summed E-state index contributed by atoms with van der Waals surface area (Å²) in [6.07, 6.45) is 5.53. The number of nitro benzene ring substituents is 1. The van der Waals surface area contributed by atoms with Crippen molar-refractivity contribution in [3.8, 4) is 0 Å². The Kier molecular flexibility index (Phi) is 6.40. The first-order valence-electron chi connectivity index (χ1n) is 8.83. The third-order valence-corrected chi connectivity index (χ3v) is 4.56. The van der Waals surface area contributed by atoms with Gasteiger partial charge in [-0.05, 0) is 91.9 Å². The molecule has 0 bridgehead atoms. The van der Waals surface area contributed by atoms with E-state index in [9.17, 15) is 10.1 Å². The van der Waals surface area contributed by atoms with Crippen LogP contribution < -0.4 is 0 Å². The Labute approximate surface area is 160 Å². The predicted octanol–water partition coefficient (Wildman–Crippen LogP) is 5.53. The topological polar surface area (TPSA) is 62.2 Å². The van der Waals surface area contributed by atoms with Crippen molar-refractivity contribution >= 4 is 22.7 Å². The Bertz CT molecular complexity index is 949. The van der Waals surface area contributed by atoms with Crippen LogP contribution in [0.1, 0.15) is 27.8 Å². The molecule has 5 heteroatoms. The van der Waals surface area contributed by atoms with E-state index in [1.165, 1.54) is 22.0 Å². The molecule has 0 fully saturated rings. The second-order valence-electron chi connectivity index (χ2n) is 7.03. The molecule has 3 aromatic rings. The van der Waals surface area contributed by atoms with Gasteiger partial charge in [-0.25, -0.2) is 0 Å². The van der Waals surface area contributed by atoms with Crippen LogP contribution in [0, 0.1) is 37.8 Å². The van der Waals surface area contributed by atoms with Crippen LogP contribution in [-0.4, -0.2) is 28.9 Å². The van der Waals surface area contributed by atoms with Gasteiger partial charge in [0, 0.05) is 31.9 Å². The molecule has 0 saturated carbocycles. The highest BCUT2D eigenvalue weighted by atomic mass is 16.6. The van der Waals surface area contributed by atoms with Crippen molar-refractivity contribution in [2.24, 2.45) is 0 Å². The molecule has 142 valence electrons. The highest BCUT2D eigenvalue weighted by Gasteiger charge is 2.13. The molecule has 0 aliphatic carbocycles. The first-order chi connectivity index (χ1) is 12.7. The molecule has 3 rings (SSSR count). The van der Waals surface area contributed by atoms with Gasteiger partial charge >= 0.3 is 0 Å². The largest absolute Gasteiger partial charge is 0.383 e. The molecule has 5 nitrogen and oxygen atoms in total. The smallest absolute Gasteiger partial charge is 0.276 e. The molecule has 0 amide bonds. The minimum atomic E-state index is -0.345. The SMILES string of the molecule is Cc1cc(/C=C/N(C)C)c([N+](=O)[O-])cc1C.Cc1cc2cc[nH]c2cc1C. The maximum atomic E-state index is 10.9. The van der Waals surface area contributed by atoms with Crippen LogP contribution >= 0.6 is 0 Å². The third-order valence-electron chi connectivity index (χ3n) is 4.56. The van der Waals surface area contributed by atoms with Crippen molar-refractivity contribution in [1.29, 1.82) is 0 Å². The van der Waals surface area contributed by atoms with E-state index in [0.29, 0.717) is 5.56 Å². The maximum absolute atomic E-state index is 10.9. The second kappa shape index (κ2) is 8.54. The van der Waals surface area contributed by atoms with E-state index in [1.54, 1.807) is 18.3 Å². The highest BCUT2D eigenvalue weighted by molar-refractivity contribution is 5.80. The van der Waals surface area contributed by atoms with Crippen molar-refractivity contribution in [2.75, 3.05) is 14.1 Å². The average molecular weight is 365 g/mol. The molecule has 0 spiro atoms. The van der Waals surface area contributed by atoms with Crippen molar-refractivity contribution in [1.82, 2.24) is 9.88 Å². The number of fused-ring (bicyclic) bond motifs is 1. The first-order valence-corrected chi connectivity index (χ1v) is 8.83. The van der Waals surface area contributed by atoms with E-state index in [4.69, 9.17) is 0 Å². The van der Waals surface area contributed by atoms with Crippen LogP contribution in [0.4, 0.5) is 5.69 Å². The maximum Gasteiger partial charge on any atom is 0.276 e. The Morgan fingerprint density at radius 1 is 0.963 bits per heavy atom. The van der Waals surface area contributed by atoms with E-state index < -0.39 is 0 Å².